The lowest BCUT2D eigenvalue weighted by Gasteiger charge is -2.34. The Hall–Kier alpha value is -3.92. The summed E-state index contributed by atoms with van der Waals surface area (Å²) in [5.74, 6) is -1.53. The molecule has 0 fully saturated rings. The average molecular weight is 643 g/mol. The van der Waals surface area contributed by atoms with Crippen molar-refractivity contribution in [1.82, 2.24) is 10.2 Å². The second-order valence-corrected chi connectivity index (χ2v) is 12.4. The first kappa shape index (κ1) is 32.0. The monoisotopic (exact) mass is 641 g/mol. The number of benzene rings is 4. The number of hydrogen-bond donors (Lipinski definition) is 1. The third-order valence-electron chi connectivity index (χ3n) is 6.68. The number of amides is 2. The predicted octanol–water partition coefficient (Wildman–Crippen LogP) is 6.10. The Morgan fingerprint density at radius 1 is 0.860 bits per heavy atom. The number of rotatable bonds is 12. The quantitative estimate of drug-likeness (QED) is 0.202. The fourth-order valence-corrected chi connectivity index (χ4v) is 6.56. The van der Waals surface area contributed by atoms with E-state index in [2.05, 4.69) is 5.32 Å². The molecule has 7 nitrogen and oxygen atoms in total. The maximum Gasteiger partial charge on any atom is 0.264 e. The van der Waals surface area contributed by atoms with E-state index in [1.165, 1.54) is 59.5 Å². The third kappa shape index (κ3) is 8.13. The van der Waals surface area contributed by atoms with Crippen LogP contribution in [0.15, 0.2) is 108 Å². The summed E-state index contributed by atoms with van der Waals surface area (Å²) in [6.45, 7) is 1.32. The summed E-state index contributed by atoms with van der Waals surface area (Å²) in [5.41, 5.74) is 1.40. The van der Waals surface area contributed by atoms with Gasteiger partial charge in [0, 0.05) is 24.5 Å². The molecule has 4 aromatic carbocycles. The fourth-order valence-electron chi connectivity index (χ4n) is 4.55. The van der Waals surface area contributed by atoms with E-state index in [4.69, 9.17) is 23.2 Å². The molecule has 0 radical (unpaired) electrons. The van der Waals surface area contributed by atoms with Crippen LogP contribution in [0.4, 0.5) is 10.1 Å². The molecular weight excluding hydrogens is 612 g/mol. The van der Waals surface area contributed by atoms with Gasteiger partial charge < -0.3 is 10.2 Å². The zero-order valence-corrected chi connectivity index (χ0v) is 25.6. The van der Waals surface area contributed by atoms with E-state index in [1.807, 2.05) is 30.3 Å². The predicted molar refractivity (Wildman–Crippen MR) is 167 cm³/mol. The first-order valence-electron chi connectivity index (χ1n) is 13.5. The van der Waals surface area contributed by atoms with Gasteiger partial charge in [-0.3, -0.25) is 13.9 Å². The van der Waals surface area contributed by atoms with Crippen LogP contribution in [0, 0.1) is 5.82 Å². The van der Waals surface area contributed by atoms with Crippen LogP contribution in [0.1, 0.15) is 18.1 Å². The van der Waals surface area contributed by atoms with Crippen molar-refractivity contribution in [2.75, 3.05) is 17.4 Å². The molecule has 4 aromatic rings. The van der Waals surface area contributed by atoms with E-state index in [-0.39, 0.29) is 33.6 Å². The Labute approximate surface area is 260 Å². The lowest BCUT2D eigenvalue weighted by Crippen LogP contribution is -2.53. The van der Waals surface area contributed by atoms with Crippen molar-refractivity contribution < 1.29 is 22.4 Å². The zero-order chi connectivity index (χ0) is 31.0. The highest BCUT2D eigenvalue weighted by molar-refractivity contribution is 7.92. The Morgan fingerprint density at radius 3 is 2.09 bits per heavy atom. The SMILES string of the molecule is CCNC(=O)[C@@H](Cc1ccccc1)N(Cc1ccc(F)cc1)C(=O)CN(c1ccc(Cl)cc1Cl)S(=O)(=O)c1ccccc1. The molecule has 4 rings (SSSR count). The maximum absolute atomic E-state index is 14.3. The molecule has 1 atom stereocenters. The van der Waals surface area contributed by atoms with E-state index in [0.29, 0.717) is 12.1 Å². The van der Waals surface area contributed by atoms with Gasteiger partial charge in [0.05, 0.1) is 15.6 Å². The summed E-state index contributed by atoms with van der Waals surface area (Å²) >= 11 is 12.6. The van der Waals surface area contributed by atoms with Crippen molar-refractivity contribution in [3.63, 3.8) is 0 Å². The van der Waals surface area contributed by atoms with Gasteiger partial charge in [-0.1, -0.05) is 83.9 Å². The van der Waals surface area contributed by atoms with Crippen LogP contribution in [-0.4, -0.2) is 44.3 Å². The highest BCUT2D eigenvalue weighted by atomic mass is 35.5. The number of likely N-dealkylation sites (N-methyl/N-ethyl adjacent to an activating group) is 1. The number of anilines is 1. The fraction of sp³-hybridized carbons (Fsp3) is 0.188. The molecule has 2 amide bonds. The molecule has 1 N–H and O–H groups in total. The highest BCUT2D eigenvalue weighted by Gasteiger charge is 2.35. The van der Waals surface area contributed by atoms with E-state index in [9.17, 15) is 22.4 Å². The normalized spacial score (nSPS) is 11.9. The van der Waals surface area contributed by atoms with Gasteiger partial charge in [0.2, 0.25) is 11.8 Å². The number of carbonyl (C=O) groups is 2. The number of halogens is 3. The van der Waals surface area contributed by atoms with Crippen LogP contribution in [-0.2, 0) is 32.6 Å². The van der Waals surface area contributed by atoms with Gasteiger partial charge >= 0.3 is 0 Å². The largest absolute Gasteiger partial charge is 0.355 e. The summed E-state index contributed by atoms with van der Waals surface area (Å²) in [5, 5.41) is 3.10. The zero-order valence-electron chi connectivity index (χ0n) is 23.3. The van der Waals surface area contributed by atoms with Crippen LogP contribution in [0.3, 0.4) is 0 Å². The number of hydrogen-bond acceptors (Lipinski definition) is 4. The number of nitrogens with zero attached hydrogens (tertiary/aromatic N) is 2. The maximum atomic E-state index is 14.3. The molecule has 43 heavy (non-hydrogen) atoms. The highest BCUT2D eigenvalue weighted by Crippen LogP contribution is 2.33. The summed E-state index contributed by atoms with van der Waals surface area (Å²) < 4.78 is 42.6. The van der Waals surface area contributed by atoms with E-state index >= 15 is 0 Å². The van der Waals surface area contributed by atoms with Crippen LogP contribution in [0.2, 0.25) is 10.0 Å². The minimum Gasteiger partial charge on any atom is -0.355 e. The Balaban J connectivity index is 1.81. The van der Waals surface area contributed by atoms with Gasteiger partial charge in [-0.25, -0.2) is 12.8 Å². The Bertz CT molecular complexity index is 1660. The van der Waals surface area contributed by atoms with Crippen LogP contribution < -0.4 is 9.62 Å². The first-order valence-corrected chi connectivity index (χ1v) is 15.7. The first-order chi connectivity index (χ1) is 20.6. The average Bonchev–Trinajstić information content (AvgIpc) is 3.00. The topological polar surface area (TPSA) is 86.8 Å². The smallest absolute Gasteiger partial charge is 0.264 e. The van der Waals surface area contributed by atoms with Crippen LogP contribution >= 0.6 is 23.2 Å². The van der Waals surface area contributed by atoms with Crippen molar-refractivity contribution in [3.8, 4) is 0 Å². The molecule has 0 aromatic heterocycles. The van der Waals surface area contributed by atoms with Gasteiger partial charge in [-0.15, -0.1) is 0 Å². The molecule has 0 saturated heterocycles. The number of nitrogens with one attached hydrogen (secondary N) is 1. The van der Waals surface area contributed by atoms with Crippen molar-refractivity contribution >= 4 is 50.7 Å². The molecular formula is C32H30Cl2FN3O4S. The molecule has 0 saturated carbocycles. The van der Waals surface area contributed by atoms with Gasteiger partial charge in [0.25, 0.3) is 10.0 Å². The number of sulfonamides is 1. The van der Waals surface area contributed by atoms with Crippen molar-refractivity contribution in [2.24, 2.45) is 0 Å². The lowest BCUT2D eigenvalue weighted by molar-refractivity contribution is -0.140. The summed E-state index contributed by atoms with van der Waals surface area (Å²) in [6, 6.07) is 25.7. The standard InChI is InChI=1S/C32H30Cl2FN3O4S/c1-2-36-32(40)30(19-23-9-5-3-6-10-23)37(21-24-13-16-26(35)17-14-24)31(39)22-38(29-18-15-25(33)20-28(29)34)43(41,42)27-11-7-4-8-12-27/h3-18,20,30H,2,19,21-22H2,1H3,(H,36,40)/t30-/m1/s1. The minimum absolute atomic E-state index is 0.0226. The molecule has 0 heterocycles. The van der Waals surface area contributed by atoms with Gasteiger partial charge in [-0.05, 0) is 60.5 Å². The molecule has 0 aliphatic carbocycles. The summed E-state index contributed by atoms with van der Waals surface area (Å²) in [7, 11) is -4.30. The Kier molecular flexibility index (Phi) is 10.8. The second kappa shape index (κ2) is 14.5. The molecule has 0 aliphatic heterocycles. The summed E-state index contributed by atoms with van der Waals surface area (Å²) in [4.78, 5) is 29.0. The molecule has 0 unspecified atom stereocenters. The van der Waals surface area contributed by atoms with Gasteiger partial charge in [0.1, 0.15) is 18.4 Å². The molecule has 224 valence electrons. The van der Waals surface area contributed by atoms with E-state index in [1.54, 1.807) is 25.1 Å². The molecule has 0 spiro atoms. The van der Waals surface area contributed by atoms with Crippen molar-refractivity contribution in [2.45, 2.75) is 30.8 Å². The van der Waals surface area contributed by atoms with Gasteiger partial charge in [-0.2, -0.15) is 0 Å². The van der Waals surface area contributed by atoms with E-state index < -0.39 is 40.2 Å². The molecule has 0 bridgehead atoms. The molecule has 11 heteroatoms. The molecule has 0 aliphatic rings. The van der Waals surface area contributed by atoms with Crippen molar-refractivity contribution in [3.05, 3.63) is 130 Å². The van der Waals surface area contributed by atoms with Crippen LogP contribution in [0.5, 0.6) is 0 Å². The van der Waals surface area contributed by atoms with Crippen molar-refractivity contribution in [1.29, 1.82) is 0 Å². The summed E-state index contributed by atoms with van der Waals surface area (Å²) in [6.07, 6.45) is 0.159. The third-order valence-corrected chi connectivity index (χ3v) is 8.99. The van der Waals surface area contributed by atoms with Crippen LogP contribution in [0.25, 0.3) is 0 Å². The second-order valence-electron chi connectivity index (χ2n) is 9.67. The van der Waals surface area contributed by atoms with E-state index in [0.717, 1.165) is 9.87 Å². The lowest BCUT2D eigenvalue weighted by atomic mass is 10.0. The number of carbonyl (C=O) groups excluding carboxylic acids is 2. The Morgan fingerprint density at radius 2 is 1.49 bits per heavy atom. The van der Waals surface area contributed by atoms with Gasteiger partial charge in [0.15, 0.2) is 0 Å². The minimum atomic E-state index is -4.30.